The number of anilines is 4. The van der Waals surface area contributed by atoms with Crippen LogP contribution in [0.4, 0.5) is 36.2 Å². The van der Waals surface area contributed by atoms with Crippen molar-refractivity contribution >= 4 is 50.8 Å². The number of sulfonamides is 1. The number of benzene rings is 2. The maximum Gasteiger partial charge on any atom is 0.490 e. The normalized spacial score (nSPS) is 11.1. The number of alkyl halides is 3. The van der Waals surface area contributed by atoms with Gasteiger partial charge in [-0.3, -0.25) is 0 Å². The summed E-state index contributed by atoms with van der Waals surface area (Å²) in [6, 6.07) is 12.0. The van der Waals surface area contributed by atoms with Crippen LogP contribution >= 0.6 is 11.8 Å². The third kappa shape index (κ3) is 8.39. The first kappa shape index (κ1) is 30.5. The number of nitrogens with one attached hydrogen (secondary N) is 3. The van der Waals surface area contributed by atoms with Crippen LogP contribution in [0, 0.1) is 0 Å². The molecule has 0 amide bonds. The fraction of sp³-hybridized carbons (Fsp3) is 0.227. The average molecular weight is 576 g/mol. The second kappa shape index (κ2) is 13.2. The molecule has 0 spiro atoms. The molecule has 0 aliphatic rings. The number of nitrogens with zero attached hydrogens (tertiary/aromatic N) is 2. The fourth-order valence-electron chi connectivity index (χ4n) is 2.76. The first-order valence-electron chi connectivity index (χ1n) is 10.3. The largest absolute Gasteiger partial charge is 0.493 e. The molecule has 0 bridgehead atoms. The van der Waals surface area contributed by atoms with Gasteiger partial charge in [-0.15, -0.1) is 11.8 Å². The molecular formula is C22H24F3N5O6S2. The molecule has 3 rings (SSSR count). The summed E-state index contributed by atoms with van der Waals surface area (Å²) in [6.07, 6.45) is -1.75. The van der Waals surface area contributed by atoms with Gasteiger partial charge in [0.15, 0.2) is 11.5 Å². The maximum absolute atomic E-state index is 12.2. The lowest BCUT2D eigenvalue weighted by atomic mass is 10.2. The van der Waals surface area contributed by atoms with Crippen molar-refractivity contribution in [3.05, 3.63) is 48.8 Å². The molecule has 4 N–H and O–H groups in total. The second-order valence-corrected chi connectivity index (χ2v) is 9.72. The van der Waals surface area contributed by atoms with Crippen LogP contribution in [0.25, 0.3) is 0 Å². The van der Waals surface area contributed by atoms with E-state index in [-0.39, 0.29) is 4.90 Å². The molecule has 0 saturated heterocycles. The minimum atomic E-state index is -5.08. The topological polar surface area (TPSA) is 152 Å². The van der Waals surface area contributed by atoms with Crippen molar-refractivity contribution in [1.29, 1.82) is 0 Å². The van der Waals surface area contributed by atoms with Gasteiger partial charge >= 0.3 is 12.1 Å². The molecule has 0 radical (unpaired) electrons. The minimum absolute atomic E-state index is 0.160. The third-order valence-corrected chi connectivity index (χ3v) is 6.79. The van der Waals surface area contributed by atoms with E-state index in [1.54, 1.807) is 50.6 Å². The van der Waals surface area contributed by atoms with Crippen LogP contribution < -0.4 is 24.8 Å². The fourth-order valence-corrected chi connectivity index (χ4v) is 4.05. The Balaban J connectivity index is 0.000000638. The summed E-state index contributed by atoms with van der Waals surface area (Å²) >= 11 is 1.49. The smallest absolute Gasteiger partial charge is 0.490 e. The standard InChI is InChI=1S/C20H23N5O4S2.C2HF3O2/c1-21-31(26,27)14-6-8-18(30-4)15(10-14)25-20-11-19(22-12-23-20)24-13-5-7-16(28-2)17(9-13)29-3;3-2(4,5)1(6)7/h5-12,21H,1-4H3,(H2,22,23,24,25);(H,6,7). The number of carboxylic acids is 1. The number of rotatable bonds is 9. The Morgan fingerprint density at radius 1 is 0.974 bits per heavy atom. The Morgan fingerprint density at radius 2 is 1.58 bits per heavy atom. The molecule has 1 heterocycles. The lowest BCUT2D eigenvalue weighted by Crippen LogP contribution is -2.21. The van der Waals surface area contributed by atoms with Crippen molar-refractivity contribution in [3.63, 3.8) is 0 Å². The number of hydrogen-bond donors (Lipinski definition) is 4. The van der Waals surface area contributed by atoms with Crippen molar-refractivity contribution in [2.75, 3.05) is 38.2 Å². The van der Waals surface area contributed by atoms with E-state index in [9.17, 15) is 21.6 Å². The zero-order valence-corrected chi connectivity index (χ0v) is 22.1. The molecule has 206 valence electrons. The number of ether oxygens (including phenoxy) is 2. The second-order valence-electron chi connectivity index (χ2n) is 6.98. The van der Waals surface area contributed by atoms with Crippen LogP contribution in [0.2, 0.25) is 0 Å². The Bertz CT molecular complexity index is 1370. The molecule has 0 atom stereocenters. The van der Waals surface area contributed by atoms with Gasteiger partial charge in [0.1, 0.15) is 18.0 Å². The van der Waals surface area contributed by atoms with E-state index in [2.05, 4.69) is 25.3 Å². The number of methoxy groups -OCH3 is 2. The van der Waals surface area contributed by atoms with Gasteiger partial charge in [-0.05, 0) is 43.6 Å². The number of hydrogen-bond acceptors (Lipinski definition) is 10. The molecule has 3 aromatic rings. The summed E-state index contributed by atoms with van der Waals surface area (Å²) in [4.78, 5) is 18.4. The summed E-state index contributed by atoms with van der Waals surface area (Å²) in [6.45, 7) is 0. The summed E-state index contributed by atoms with van der Waals surface area (Å²) in [7, 11) is 0.957. The van der Waals surface area contributed by atoms with E-state index in [0.717, 1.165) is 10.6 Å². The maximum atomic E-state index is 12.2. The molecule has 16 heteroatoms. The van der Waals surface area contributed by atoms with E-state index >= 15 is 0 Å². The number of aromatic nitrogens is 2. The first-order valence-corrected chi connectivity index (χ1v) is 13.0. The molecule has 2 aromatic carbocycles. The Labute approximate surface area is 220 Å². The lowest BCUT2D eigenvalue weighted by molar-refractivity contribution is -0.192. The number of carboxylic acid groups (broad SMARTS) is 1. The van der Waals surface area contributed by atoms with Gasteiger partial charge in [0.25, 0.3) is 0 Å². The van der Waals surface area contributed by atoms with Gasteiger partial charge < -0.3 is 25.2 Å². The summed E-state index contributed by atoms with van der Waals surface area (Å²) < 4.78 is 69.0. The Hall–Kier alpha value is -3.76. The molecule has 38 heavy (non-hydrogen) atoms. The molecule has 0 unspecified atom stereocenters. The minimum Gasteiger partial charge on any atom is -0.493 e. The van der Waals surface area contributed by atoms with Crippen LogP contribution in [0.1, 0.15) is 0 Å². The van der Waals surface area contributed by atoms with Gasteiger partial charge in [-0.25, -0.2) is 27.9 Å². The lowest BCUT2D eigenvalue weighted by Gasteiger charge is -2.14. The van der Waals surface area contributed by atoms with Crippen LogP contribution in [0.5, 0.6) is 11.5 Å². The highest BCUT2D eigenvalue weighted by molar-refractivity contribution is 7.98. The molecule has 0 aliphatic carbocycles. The molecule has 11 nitrogen and oxygen atoms in total. The number of carbonyl (C=O) groups is 1. The predicted molar refractivity (Wildman–Crippen MR) is 136 cm³/mol. The molecule has 0 aliphatic heterocycles. The predicted octanol–water partition coefficient (Wildman–Crippen LogP) is 4.24. The quantitative estimate of drug-likeness (QED) is 0.271. The van der Waals surface area contributed by atoms with E-state index in [1.807, 2.05) is 12.3 Å². The van der Waals surface area contributed by atoms with E-state index < -0.39 is 22.2 Å². The van der Waals surface area contributed by atoms with Crippen LogP contribution in [-0.4, -0.2) is 63.2 Å². The van der Waals surface area contributed by atoms with Crippen molar-refractivity contribution in [2.24, 2.45) is 0 Å². The van der Waals surface area contributed by atoms with Crippen molar-refractivity contribution < 1.29 is 41.0 Å². The zero-order valence-electron chi connectivity index (χ0n) is 20.5. The summed E-state index contributed by atoms with van der Waals surface area (Å²) in [5.74, 6) is -0.486. The highest BCUT2D eigenvalue weighted by Crippen LogP contribution is 2.32. The molecule has 0 fully saturated rings. The Kier molecular flexibility index (Phi) is 10.5. The monoisotopic (exact) mass is 575 g/mol. The van der Waals surface area contributed by atoms with E-state index in [1.165, 1.54) is 25.1 Å². The highest BCUT2D eigenvalue weighted by atomic mass is 32.2. The number of thioether (sulfide) groups is 1. The van der Waals surface area contributed by atoms with Gasteiger partial charge in [-0.1, -0.05) is 0 Å². The highest BCUT2D eigenvalue weighted by Gasteiger charge is 2.38. The van der Waals surface area contributed by atoms with Crippen LogP contribution in [0.15, 0.2) is 58.6 Å². The Morgan fingerprint density at radius 3 is 2.11 bits per heavy atom. The van der Waals surface area contributed by atoms with E-state index in [0.29, 0.717) is 28.8 Å². The third-order valence-electron chi connectivity index (χ3n) is 4.58. The van der Waals surface area contributed by atoms with Crippen molar-refractivity contribution in [2.45, 2.75) is 16.0 Å². The van der Waals surface area contributed by atoms with Crippen LogP contribution in [-0.2, 0) is 14.8 Å². The van der Waals surface area contributed by atoms with Gasteiger partial charge in [0, 0.05) is 22.7 Å². The first-order chi connectivity index (χ1) is 17.8. The molecule has 0 saturated carbocycles. The number of aliphatic carboxylic acids is 1. The average Bonchev–Trinajstić information content (AvgIpc) is 2.88. The van der Waals surface area contributed by atoms with Gasteiger partial charge in [-0.2, -0.15) is 13.2 Å². The van der Waals surface area contributed by atoms with Gasteiger partial charge in [0.05, 0.1) is 24.8 Å². The molecular weight excluding hydrogens is 551 g/mol. The molecule has 1 aromatic heterocycles. The van der Waals surface area contributed by atoms with Crippen molar-refractivity contribution in [1.82, 2.24) is 14.7 Å². The summed E-state index contributed by atoms with van der Waals surface area (Å²) in [5, 5.41) is 13.5. The van der Waals surface area contributed by atoms with Gasteiger partial charge in [0.2, 0.25) is 10.0 Å². The summed E-state index contributed by atoms with van der Waals surface area (Å²) in [5.41, 5.74) is 1.38. The van der Waals surface area contributed by atoms with Crippen LogP contribution in [0.3, 0.4) is 0 Å². The number of halogens is 3. The zero-order chi connectivity index (χ0) is 28.5. The SMILES string of the molecule is CNS(=O)(=O)c1ccc(SC)c(Nc2cc(Nc3ccc(OC)c(OC)c3)ncn2)c1.O=C(O)C(F)(F)F. The van der Waals surface area contributed by atoms with Crippen molar-refractivity contribution in [3.8, 4) is 11.5 Å². The van der Waals surface area contributed by atoms with E-state index in [4.69, 9.17) is 19.4 Å².